The number of sulfone groups is 1. The molecule has 0 aliphatic carbocycles. The number of aliphatic hydroxyl groups is 1. The third-order valence-electron chi connectivity index (χ3n) is 4.92. The highest BCUT2D eigenvalue weighted by Gasteiger charge is 2.33. The fourth-order valence-electron chi connectivity index (χ4n) is 3.39. The second-order valence-electron chi connectivity index (χ2n) is 7.23. The van der Waals surface area contributed by atoms with E-state index in [0.29, 0.717) is 22.2 Å². The van der Waals surface area contributed by atoms with Crippen molar-refractivity contribution in [1.82, 2.24) is 4.90 Å². The van der Waals surface area contributed by atoms with E-state index in [9.17, 15) is 17.9 Å². The Bertz CT molecular complexity index is 985. The summed E-state index contributed by atoms with van der Waals surface area (Å²) in [6, 6.07) is 8.77. The average Bonchev–Trinajstić information content (AvgIpc) is 3.03. The van der Waals surface area contributed by atoms with E-state index >= 15 is 0 Å². The van der Waals surface area contributed by atoms with Crippen molar-refractivity contribution in [3.8, 4) is 5.75 Å². The standard InChI is InChI=1S/C20H21Cl3FNO4S/c21-13-4-5-20(18(23)8-13)29-11-15(26)9-25(14-6-7-30(27,28)12-14)10-16-17(22)2-1-3-19(16)24/h1-5,8,14-15,26H,6-7,9-12H2. The fourth-order valence-corrected chi connectivity index (χ4v) is 5.84. The van der Waals surface area contributed by atoms with Crippen LogP contribution in [0.2, 0.25) is 15.1 Å². The number of halogens is 4. The minimum absolute atomic E-state index is 0.0460. The van der Waals surface area contributed by atoms with Crippen LogP contribution in [-0.4, -0.2) is 55.2 Å². The largest absolute Gasteiger partial charge is 0.489 e. The molecule has 1 aliphatic heterocycles. The highest BCUT2D eigenvalue weighted by Crippen LogP contribution is 2.28. The second-order valence-corrected chi connectivity index (χ2v) is 10.7. The molecule has 0 saturated carbocycles. The molecule has 0 amide bonds. The number of aliphatic hydroxyl groups excluding tert-OH is 1. The van der Waals surface area contributed by atoms with Gasteiger partial charge in [-0.15, -0.1) is 0 Å². The van der Waals surface area contributed by atoms with Crippen molar-refractivity contribution in [3.05, 3.63) is 62.8 Å². The summed E-state index contributed by atoms with van der Waals surface area (Å²) in [5.74, 6) is -0.0961. The molecule has 10 heteroatoms. The van der Waals surface area contributed by atoms with Crippen molar-refractivity contribution in [3.63, 3.8) is 0 Å². The van der Waals surface area contributed by atoms with Gasteiger partial charge in [0.05, 0.1) is 16.5 Å². The van der Waals surface area contributed by atoms with Crippen molar-refractivity contribution in [1.29, 1.82) is 0 Å². The molecule has 0 aromatic heterocycles. The van der Waals surface area contributed by atoms with Crippen LogP contribution in [0.15, 0.2) is 36.4 Å². The molecule has 0 radical (unpaired) electrons. The number of nitrogens with zero attached hydrogens (tertiary/aromatic N) is 1. The molecule has 1 heterocycles. The summed E-state index contributed by atoms with van der Waals surface area (Å²) in [5.41, 5.74) is 0.261. The van der Waals surface area contributed by atoms with E-state index in [0.717, 1.165) is 0 Å². The van der Waals surface area contributed by atoms with Gasteiger partial charge in [-0.1, -0.05) is 40.9 Å². The van der Waals surface area contributed by atoms with Crippen LogP contribution >= 0.6 is 34.8 Å². The van der Waals surface area contributed by atoms with Crippen LogP contribution in [0.1, 0.15) is 12.0 Å². The van der Waals surface area contributed by atoms with E-state index in [2.05, 4.69) is 0 Å². The highest BCUT2D eigenvalue weighted by molar-refractivity contribution is 7.91. The summed E-state index contributed by atoms with van der Waals surface area (Å²) in [6.45, 7) is 0.0723. The lowest BCUT2D eigenvalue weighted by Gasteiger charge is -2.30. The Morgan fingerprint density at radius 1 is 1.20 bits per heavy atom. The Morgan fingerprint density at radius 2 is 1.97 bits per heavy atom. The maximum absolute atomic E-state index is 14.3. The van der Waals surface area contributed by atoms with Crippen LogP contribution in [0.25, 0.3) is 0 Å². The van der Waals surface area contributed by atoms with Gasteiger partial charge in [0.2, 0.25) is 0 Å². The third-order valence-corrected chi connectivity index (χ3v) is 7.55. The van der Waals surface area contributed by atoms with Crippen molar-refractivity contribution in [2.45, 2.75) is 25.1 Å². The Balaban J connectivity index is 1.71. The van der Waals surface area contributed by atoms with Gasteiger partial charge < -0.3 is 9.84 Å². The first kappa shape index (κ1) is 23.6. The number of benzene rings is 2. The Hall–Kier alpha value is -1.09. The van der Waals surface area contributed by atoms with Crippen LogP contribution < -0.4 is 4.74 Å². The maximum Gasteiger partial charge on any atom is 0.151 e. The molecule has 164 valence electrons. The maximum atomic E-state index is 14.3. The molecule has 2 aromatic carbocycles. The lowest BCUT2D eigenvalue weighted by molar-refractivity contribution is 0.0521. The molecule has 2 unspecified atom stereocenters. The minimum Gasteiger partial charge on any atom is -0.489 e. The molecule has 5 nitrogen and oxygen atoms in total. The molecule has 1 fully saturated rings. The normalized spacial score (nSPS) is 19.2. The Labute approximate surface area is 190 Å². The van der Waals surface area contributed by atoms with Crippen molar-refractivity contribution >= 4 is 44.6 Å². The summed E-state index contributed by atoms with van der Waals surface area (Å²) < 4.78 is 43.8. The summed E-state index contributed by atoms with van der Waals surface area (Å²) >= 11 is 18.1. The van der Waals surface area contributed by atoms with Crippen molar-refractivity contribution in [2.24, 2.45) is 0 Å². The molecular weight excluding hydrogens is 476 g/mol. The molecule has 1 aliphatic rings. The van der Waals surface area contributed by atoms with Gasteiger partial charge in [-0.05, 0) is 36.8 Å². The van der Waals surface area contributed by atoms with E-state index in [1.807, 2.05) is 0 Å². The van der Waals surface area contributed by atoms with Crippen molar-refractivity contribution < 1.29 is 22.7 Å². The zero-order valence-corrected chi connectivity index (χ0v) is 19.0. The third kappa shape index (κ3) is 6.22. The van der Waals surface area contributed by atoms with E-state index < -0.39 is 21.8 Å². The molecule has 3 rings (SSSR count). The lowest BCUT2D eigenvalue weighted by atomic mass is 10.1. The van der Waals surface area contributed by atoms with Crippen molar-refractivity contribution in [2.75, 3.05) is 24.7 Å². The Kier molecular flexibility index (Phi) is 7.87. The van der Waals surface area contributed by atoms with Gasteiger partial charge in [0.15, 0.2) is 9.84 Å². The fraction of sp³-hybridized carbons (Fsp3) is 0.400. The van der Waals surface area contributed by atoms with Gasteiger partial charge in [0, 0.05) is 34.7 Å². The van der Waals surface area contributed by atoms with E-state index in [1.54, 1.807) is 23.1 Å². The number of ether oxygens (including phenoxy) is 1. The van der Waals surface area contributed by atoms with Crippen LogP contribution in [0, 0.1) is 5.82 Å². The molecule has 30 heavy (non-hydrogen) atoms. The second kappa shape index (κ2) is 10.0. The average molecular weight is 497 g/mol. The number of rotatable bonds is 8. The van der Waals surface area contributed by atoms with Crippen LogP contribution in [0.3, 0.4) is 0 Å². The van der Waals surface area contributed by atoms with Crippen LogP contribution in [-0.2, 0) is 16.4 Å². The van der Waals surface area contributed by atoms with Gasteiger partial charge in [0.1, 0.15) is 24.3 Å². The lowest BCUT2D eigenvalue weighted by Crippen LogP contribution is -2.42. The van der Waals surface area contributed by atoms with Gasteiger partial charge in [-0.3, -0.25) is 4.90 Å². The SMILES string of the molecule is O=S1(=O)CCC(N(Cc2c(F)cccc2Cl)CC(O)COc2ccc(Cl)cc2Cl)C1. The molecular formula is C20H21Cl3FNO4S. The molecule has 1 saturated heterocycles. The topological polar surface area (TPSA) is 66.8 Å². The predicted octanol–water partition coefficient (Wildman–Crippen LogP) is 4.21. The Morgan fingerprint density at radius 3 is 2.60 bits per heavy atom. The molecule has 1 N–H and O–H groups in total. The van der Waals surface area contributed by atoms with E-state index in [4.69, 9.17) is 39.5 Å². The highest BCUT2D eigenvalue weighted by atomic mass is 35.5. The zero-order chi connectivity index (χ0) is 21.9. The van der Waals surface area contributed by atoms with Gasteiger partial charge in [-0.25, -0.2) is 12.8 Å². The monoisotopic (exact) mass is 495 g/mol. The zero-order valence-electron chi connectivity index (χ0n) is 15.9. The van der Waals surface area contributed by atoms with Gasteiger partial charge in [0.25, 0.3) is 0 Å². The quantitative estimate of drug-likeness (QED) is 0.593. The molecule has 2 aromatic rings. The minimum atomic E-state index is -3.17. The smallest absolute Gasteiger partial charge is 0.151 e. The van der Waals surface area contributed by atoms with Crippen LogP contribution in [0.5, 0.6) is 5.75 Å². The molecule has 0 bridgehead atoms. The van der Waals surface area contributed by atoms with E-state index in [-0.39, 0.29) is 47.8 Å². The number of hydrogen-bond donors (Lipinski definition) is 1. The summed E-state index contributed by atoms with van der Waals surface area (Å²) in [7, 11) is -3.17. The van der Waals surface area contributed by atoms with Gasteiger partial charge >= 0.3 is 0 Å². The molecule has 0 spiro atoms. The predicted molar refractivity (Wildman–Crippen MR) is 117 cm³/mol. The van der Waals surface area contributed by atoms with Crippen LogP contribution in [0.4, 0.5) is 4.39 Å². The first-order valence-corrected chi connectivity index (χ1v) is 12.2. The summed E-state index contributed by atoms with van der Waals surface area (Å²) in [4.78, 5) is 1.74. The first-order valence-electron chi connectivity index (χ1n) is 9.28. The summed E-state index contributed by atoms with van der Waals surface area (Å²) in [5, 5.41) is 11.5. The van der Waals surface area contributed by atoms with E-state index in [1.165, 1.54) is 18.2 Å². The molecule has 2 atom stereocenters. The first-order chi connectivity index (χ1) is 14.1. The summed E-state index contributed by atoms with van der Waals surface area (Å²) in [6.07, 6.45) is -0.559. The number of hydrogen-bond acceptors (Lipinski definition) is 5. The van der Waals surface area contributed by atoms with Gasteiger partial charge in [-0.2, -0.15) is 0 Å².